The third-order valence-corrected chi connectivity index (χ3v) is 5.44. The molecule has 0 amide bonds. The molecule has 122 valence electrons. The number of aromatic nitrogens is 2. The van der Waals surface area contributed by atoms with E-state index in [9.17, 15) is 0 Å². The third-order valence-electron chi connectivity index (χ3n) is 4.70. The molecule has 0 unspecified atom stereocenters. The van der Waals surface area contributed by atoms with E-state index in [4.69, 9.17) is 28.3 Å². The topological polar surface area (TPSA) is 33.1 Å². The first-order valence-corrected chi connectivity index (χ1v) is 9.00. The molecule has 2 aromatic rings. The van der Waals surface area contributed by atoms with E-state index >= 15 is 0 Å². The van der Waals surface area contributed by atoms with Crippen LogP contribution in [0.4, 0.5) is 5.82 Å². The maximum atomic E-state index is 6.18. The average Bonchev–Trinajstić information content (AvgIpc) is 3.15. The summed E-state index contributed by atoms with van der Waals surface area (Å²) >= 11 is 12.2. The van der Waals surface area contributed by atoms with Crippen LogP contribution in [0.1, 0.15) is 30.5 Å². The Balaban J connectivity index is 1.68. The number of benzene rings is 1. The highest BCUT2D eigenvalue weighted by Crippen LogP contribution is 2.32. The number of nitrogens with one attached hydrogen (secondary N) is 1. The van der Waals surface area contributed by atoms with E-state index in [0.717, 1.165) is 31.0 Å². The molecule has 1 saturated heterocycles. The van der Waals surface area contributed by atoms with Crippen LogP contribution < -0.4 is 5.32 Å². The Morgan fingerprint density at radius 1 is 1.09 bits per heavy atom. The third kappa shape index (κ3) is 2.95. The summed E-state index contributed by atoms with van der Waals surface area (Å²) in [5.41, 5.74) is 3.49. The number of anilines is 1. The van der Waals surface area contributed by atoms with Crippen molar-refractivity contribution in [3.05, 3.63) is 39.5 Å². The molecule has 1 aromatic heterocycles. The lowest BCUT2D eigenvalue weighted by molar-refractivity contribution is 0.217. The van der Waals surface area contributed by atoms with Crippen molar-refractivity contribution in [1.29, 1.82) is 0 Å². The second kappa shape index (κ2) is 6.34. The number of hydrogen-bond donors (Lipinski definition) is 1. The van der Waals surface area contributed by atoms with E-state index in [2.05, 4.69) is 10.2 Å². The minimum absolute atomic E-state index is 0.559. The van der Waals surface area contributed by atoms with Gasteiger partial charge in [-0.2, -0.15) is 5.10 Å². The summed E-state index contributed by atoms with van der Waals surface area (Å²) in [6, 6.07) is 5.67. The van der Waals surface area contributed by atoms with E-state index in [1.54, 1.807) is 0 Å². The van der Waals surface area contributed by atoms with Crippen molar-refractivity contribution in [2.45, 2.75) is 32.2 Å². The van der Waals surface area contributed by atoms with Gasteiger partial charge in [0.1, 0.15) is 5.82 Å². The van der Waals surface area contributed by atoms with Crippen molar-refractivity contribution in [3.63, 3.8) is 0 Å². The van der Waals surface area contributed by atoms with Gasteiger partial charge in [0.15, 0.2) is 0 Å². The molecule has 0 bridgehead atoms. The van der Waals surface area contributed by atoms with Crippen molar-refractivity contribution in [2.24, 2.45) is 0 Å². The summed E-state index contributed by atoms with van der Waals surface area (Å²) in [5.74, 6) is 1.11. The Bertz CT molecular complexity index is 720. The van der Waals surface area contributed by atoms with Gasteiger partial charge in [-0.05, 0) is 50.6 Å². The van der Waals surface area contributed by atoms with Crippen molar-refractivity contribution in [1.82, 2.24) is 14.7 Å². The van der Waals surface area contributed by atoms with Gasteiger partial charge in [-0.25, -0.2) is 4.68 Å². The monoisotopic (exact) mass is 350 g/mol. The number of nitrogens with zero attached hydrogens (tertiary/aromatic N) is 3. The number of hydrogen-bond acceptors (Lipinski definition) is 3. The van der Waals surface area contributed by atoms with E-state index in [1.165, 1.54) is 43.6 Å². The fraction of sp³-hybridized carbons (Fsp3) is 0.471. The van der Waals surface area contributed by atoms with E-state index in [-0.39, 0.29) is 0 Å². The largest absolute Gasteiger partial charge is 0.369 e. The first-order chi connectivity index (χ1) is 11.2. The zero-order chi connectivity index (χ0) is 15.8. The van der Waals surface area contributed by atoms with Crippen LogP contribution in [0, 0.1) is 0 Å². The maximum Gasteiger partial charge on any atom is 0.133 e. The van der Waals surface area contributed by atoms with Crippen LogP contribution in [0.25, 0.3) is 5.69 Å². The predicted molar refractivity (Wildman–Crippen MR) is 94.9 cm³/mol. The van der Waals surface area contributed by atoms with Gasteiger partial charge in [0.05, 0.1) is 21.4 Å². The molecule has 1 fully saturated rings. The smallest absolute Gasteiger partial charge is 0.133 e. The van der Waals surface area contributed by atoms with Gasteiger partial charge < -0.3 is 5.32 Å². The second-order valence-corrected chi connectivity index (χ2v) is 7.11. The summed E-state index contributed by atoms with van der Waals surface area (Å²) in [6.45, 7) is 4.28. The van der Waals surface area contributed by atoms with Gasteiger partial charge in [0, 0.05) is 18.7 Å². The molecular weight excluding hydrogens is 331 g/mol. The lowest BCUT2D eigenvalue weighted by Gasteiger charge is -2.25. The molecule has 4 nitrogen and oxygen atoms in total. The molecule has 0 aliphatic carbocycles. The summed E-state index contributed by atoms with van der Waals surface area (Å²) in [4.78, 5) is 2.52. The summed E-state index contributed by atoms with van der Waals surface area (Å²) < 4.78 is 1.98. The van der Waals surface area contributed by atoms with Gasteiger partial charge in [-0.3, -0.25) is 4.90 Å². The summed E-state index contributed by atoms with van der Waals surface area (Å²) in [7, 11) is 0. The van der Waals surface area contributed by atoms with E-state index in [1.807, 2.05) is 22.9 Å². The molecule has 4 rings (SSSR count). The van der Waals surface area contributed by atoms with Crippen LogP contribution in [0.3, 0.4) is 0 Å². The van der Waals surface area contributed by atoms with Crippen LogP contribution in [0.2, 0.25) is 10.0 Å². The summed E-state index contributed by atoms with van der Waals surface area (Å²) in [6.07, 6.45) is 5.00. The zero-order valence-electron chi connectivity index (χ0n) is 13.0. The average molecular weight is 351 g/mol. The molecule has 0 saturated carbocycles. The van der Waals surface area contributed by atoms with Crippen LogP contribution >= 0.6 is 23.2 Å². The molecule has 1 aromatic carbocycles. The number of likely N-dealkylation sites (tertiary alicyclic amines) is 1. The first-order valence-electron chi connectivity index (χ1n) is 8.25. The first kappa shape index (κ1) is 15.3. The number of rotatable bonds is 3. The minimum Gasteiger partial charge on any atom is -0.369 e. The lowest BCUT2D eigenvalue weighted by atomic mass is 10.1. The normalized spacial score (nSPS) is 18.0. The fourth-order valence-corrected chi connectivity index (χ4v) is 3.80. The molecule has 2 aliphatic rings. The Hall–Kier alpha value is -1.23. The van der Waals surface area contributed by atoms with Crippen molar-refractivity contribution in [3.8, 4) is 5.69 Å². The Morgan fingerprint density at radius 3 is 2.70 bits per heavy atom. The molecule has 6 heteroatoms. The molecule has 2 aliphatic heterocycles. The number of fused-ring (bicyclic) bond motifs is 1. The quantitative estimate of drug-likeness (QED) is 0.903. The fourth-order valence-electron chi connectivity index (χ4n) is 3.51. The predicted octanol–water partition coefficient (Wildman–Crippen LogP) is 4.13. The van der Waals surface area contributed by atoms with Gasteiger partial charge in [0.2, 0.25) is 0 Å². The molecule has 23 heavy (non-hydrogen) atoms. The van der Waals surface area contributed by atoms with E-state index < -0.39 is 0 Å². The van der Waals surface area contributed by atoms with Gasteiger partial charge in [-0.15, -0.1) is 0 Å². The maximum absolute atomic E-state index is 6.18. The summed E-state index contributed by atoms with van der Waals surface area (Å²) in [5, 5.41) is 9.47. The lowest BCUT2D eigenvalue weighted by Crippen LogP contribution is -2.29. The van der Waals surface area contributed by atoms with Crippen LogP contribution in [0.5, 0.6) is 0 Å². The SMILES string of the molecule is Clc1ccc(-n2nc(CN3CCCCC3)c3c2NCC3)cc1Cl. The second-order valence-electron chi connectivity index (χ2n) is 6.30. The highest BCUT2D eigenvalue weighted by atomic mass is 35.5. The van der Waals surface area contributed by atoms with Gasteiger partial charge in [-0.1, -0.05) is 29.6 Å². The van der Waals surface area contributed by atoms with Gasteiger partial charge >= 0.3 is 0 Å². The highest BCUT2D eigenvalue weighted by molar-refractivity contribution is 6.42. The molecule has 0 atom stereocenters. The highest BCUT2D eigenvalue weighted by Gasteiger charge is 2.24. The Labute approximate surface area is 146 Å². The molecular formula is C17H20Cl2N4. The minimum atomic E-state index is 0.559. The van der Waals surface area contributed by atoms with Crippen LogP contribution in [0.15, 0.2) is 18.2 Å². The zero-order valence-corrected chi connectivity index (χ0v) is 14.5. The molecule has 3 heterocycles. The number of halogens is 2. The standard InChI is InChI=1S/C17H20Cl2N4/c18-14-5-4-12(10-15(14)19)23-17-13(6-7-20-17)16(21-23)11-22-8-2-1-3-9-22/h4-5,10,20H,1-3,6-9,11H2. The van der Waals surface area contributed by atoms with Crippen molar-refractivity contribution < 1.29 is 0 Å². The Kier molecular flexibility index (Phi) is 4.22. The molecule has 0 spiro atoms. The van der Waals surface area contributed by atoms with E-state index in [0.29, 0.717) is 10.0 Å². The number of piperidine rings is 1. The molecule has 0 radical (unpaired) electrons. The van der Waals surface area contributed by atoms with Crippen molar-refractivity contribution in [2.75, 3.05) is 25.0 Å². The van der Waals surface area contributed by atoms with Crippen LogP contribution in [-0.4, -0.2) is 34.3 Å². The Morgan fingerprint density at radius 2 is 1.91 bits per heavy atom. The molecule has 1 N–H and O–H groups in total. The van der Waals surface area contributed by atoms with Crippen molar-refractivity contribution >= 4 is 29.0 Å². The van der Waals surface area contributed by atoms with Crippen LogP contribution in [-0.2, 0) is 13.0 Å². The van der Waals surface area contributed by atoms with Gasteiger partial charge in [0.25, 0.3) is 0 Å².